The molecule has 1 atom stereocenters. The maximum absolute atomic E-state index is 5.78. The summed E-state index contributed by atoms with van der Waals surface area (Å²) in [6.45, 7) is 6.75. The Morgan fingerprint density at radius 2 is 2.20 bits per heavy atom. The first-order valence-corrected chi connectivity index (χ1v) is 6.96. The van der Waals surface area contributed by atoms with Crippen LogP contribution in [0.1, 0.15) is 36.2 Å². The molecule has 3 heterocycles. The average Bonchev–Trinajstić information content (AvgIpc) is 3.08. The van der Waals surface area contributed by atoms with Crippen molar-refractivity contribution in [1.82, 2.24) is 15.0 Å². The standard InChI is InChI=1S/C14H19N3O3/c1-3-11-4-5-12(19-11)8-17-6-7-18-9-13(17)14-15-10(2)16-20-14/h4-5,13H,3,6-9H2,1-2H3/t13-/m1/s1. The summed E-state index contributed by atoms with van der Waals surface area (Å²) in [6.07, 6.45) is 0.912. The number of aryl methyl sites for hydroxylation is 2. The molecule has 6 nitrogen and oxygen atoms in total. The zero-order valence-corrected chi connectivity index (χ0v) is 11.8. The molecule has 20 heavy (non-hydrogen) atoms. The highest BCUT2D eigenvalue weighted by molar-refractivity contribution is 5.08. The van der Waals surface area contributed by atoms with Crippen LogP contribution in [0.2, 0.25) is 0 Å². The molecule has 0 N–H and O–H groups in total. The number of nitrogens with zero attached hydrogens (tertiary/aromatic N) is 3. The van der Waals surface area contributed by atoms with Crippen molar-refractivity contribution in [2.45, 2.75) is 32.9 Å². The molecular weight excluding hydrogens is 258 g/mol. The summed E-state index contributed by atoms with van der Waals surface area (Å²) in [4.78, 5) is 6.58. The first-order chi connectivity index (χ1) is 9.76. The molecule has 0 amide bonds. The van der Waals surface area contributed by atoms with E-state index in [1.54, 1.807) is 0 Å². The molecular formula is C14H19N3O3. The van der Waals surface area contributed by atoms with Gasteiger partial charge in [0.2, 0.25) is 5.89 Å². The summed E-state index contributed by atoms with van der Waals surface area (Å²) in [5, 5.41) is 3.86. The van der Waals surface area contributed by atoms with E-state index in [1.807, 2.05) is 19.1 Å². The van der Waals surface area contributed by atoms with Gasteiger partial charge in [0.1, 0.15) is 17.6 Å². The Kier molecular flexibility index (Phi) is 3.84. The molecule has 2 aromatic heterocycles. The van der Waals surface area contributed by atoms with Gasteiger partial charge in [0.15, 0.2) is 5.82 Å². The normalized spacial score (nSPS) is 20.4. The van der Waals surface area contributed by atoms with E-state index in [-0.39, 0.29) is 6.04 Å². The summed E-state index contributed by atoms with van der Waals surface area (Å²) >= 11 is 0. The topological polar surface area (TPSA) is 64.5 Å². The van der Waals surface area contributed by atoms with Crippen LogP contribution in [0.4, 0.5) is 0 Å². The third-order valence-corrected chi connectivity index (χ3v) is 3.49. The van der Waals surface area contributed by atoms with E-state index in [4.69, 9.17) is 13.7 Å². The third kappa shape index (κ3) is 2.76. The summed E-state index contributed by atoms with van der Waals surface area (Å²) in [5.41, 5.74) is 0. The summed E-state index contributed by atoms with van der Waals surface area (Å²) < 4.78 is 16.6. The molecule has 1 aliphatic rings. The summed E-state index contributed by atoms with van der Waals surface area (Å²) in [7, 11) is 0. The van der Waals surface area contributed by atoms with Crippen LogP contribution in [0.5, 0.6) is 0 Å². The fourth-order valence-corrected chi connectivity index (χ4v) is 2.40. The lowest BCUT2D eigenvalue weighted by molar-refractivity contribution is -0.0267. The Labute approximate surface area is 117 Å². The van der Waals surface area contributed by atoms with Gasteiger partial charge in [-0.25, -0.2) is 0 Å². The van der Waals surface area contributed by atoms with E-state index in [9.17, 15) is 0 Å². The van der Waals surface area contributed by atoms with Crippen LogP contribution in [0, 0.1) is 6.92 Å². The highest BCUT2D eigenvalue weighted by Crippen LogP contribution is 2.25. The van der Waals surface area contributed by atoms with Gasteiger partial charge in [-0.1, -0.05) is 12.1 Å². The molecule has 1 saturated heterocycles. The van der Waals surface area contributed by atoms with Crippen LogP contribution in [0.25, 0.3) is 0 Å². The fourth-order valence-electron chi connectivity index (χ4n) is 2.40. The smallest absolute Gasteiger partial charge is 0.246 e. The average molecular weight is 277 g/mol. The maximum Gasteiger partial charge on any atom is 0.246 e. The molecule has 0 saturated carbocycles. The Morgan fingerprint density at radius 3 is 2.90 bits per heavy atom. The molecule has 0 unspecified atom stereocenters. The molecule has 0 bridgehead atoms. The van der Waals surface area contributed by atoms with Crippen LogP contribution < -0.4 is 0 Å². The van der Waals surface area contributed by atoms with Gasteiger partial charge in [0, 0.05) is 13.0 Å². The Hall–Kier alpha value is -1.66. The molecule has 0 aliphatic carbocycles. The van der Waals surface area contributed by atoms with Gasteiger partial charge >= 0.3 is 0 Å². The van der Waals surface area contributed by atoms with Crippen molar-refractivity contribution in [3.8, 4) is 0 Å². The maximum atomic E-state index is 5.78. The molecule has 2 aromatic rings. The number of rotatable bonds is 4. The summed E-state index contributed by atoms with van der Waals surface area (Å²) in [6, 6.07) is 4.06. The van der Waals surface area contributed by atoms with E-state index in [1.165, 1.54) is 0 Å². The van der Waals surface area contributed by atoms with Crippen molar-refractivity contribution in [2.75, 3.05) is 19.8 Å². The second kappa shape index (κ2) is 5.76. The molecule has 0 radical (unpaired) electrons. The van der Waals surface area contributed by atoms with Crippen LogP contribution in [0.15, 0.2) is 21.1 Å². The van der Waals surface area contributed by atoms with Gasteiger partial charge in [0.05, 0.1) is 19.8 Å². The largest absolute Gasteiger partial charge is 0.465 e. The van der Waals surface area contributed by atoms with Gasteiger partial charge < -0.3 is 13.7 Å². The first kappa shape index (κ1) is 13.3. The highest BCUT2D eigenvalue weighted by Gasteiger charge is 2.29. The van der Waals surface area contributed by atoms with Crippen molar-refractivity contribution in [1.29, 1.82) is 0 Å². The minimum Gasteiger partial charge on any atom is -0.465 e. The van der Waals surface area contributed by atoms with Gasteiger partial charge in [-0.05, 0) is 19.1 Å². The number of furan rings is 1. The van der Waals surface area contributed by atoms with Crippen LogP contribution in [-0.2, 0) is 17.7 Å². The molecule has 1 fully saturated rings. The molecule has 0 aromatic carbocycles. The minimum absolute atomic E-state index is 0.000117. The fraction of sp³-hybridized carbons (Fsp3) is 0.571. The summed E-state index contributed by atoms with van der Waals surface area (Å²) in [5.74, 6) is 3.24. The van der Waals surface area contributed by atoms with Crippen molar-refractivity contribution >= 4 is 0 Å². The van der Waals surface area contributed by atoms with E-state index in [0.717, 1.165) is 31.0 Å². The Balaban J connectivity index is 1.75. The predicted molar refractivity (Wildman–Crippen MR) is 71.1 cm³/mol. The first-order valence-electron chi connectivity index (χ1n) is 6.96. The second-order valence-corrected chi connectivity index (χ2v) is 4.96. The van der Waals surface area contributed by atoms with Crippen LogP contribution in [0.3, 0.4) is 0 Å². The zero-order chi connectivity index (χ0) is 13.9. The quantitative estimate of drug-likeness (QED) is 0.852. The van der Waals surface area contributed by atoms with Gasteiger partial charge in [0.25, 0.3) is 0 Å². The van der Waals surface area contributed by atoms with E-state index < -0.39 is 0 Å². The van der Waals surface area contributed by atoms with E-state index in [0.29, 0.717) is 24.9 Å². The second-order valence-electron chi connectivity index (χ2n) is 4.96. The van der Waals surface area contributed by atoms with E-state index >= 15 is 0 Å². The predicted octanol–water partition coefficient (Wildman–Crippen LogP) is 2.11. The number of hydrogen-bond donors (Lipinski definition) is 0. The zero-order valence-electron chi connectivity index (χ0n) is 11.8. The number of ether oxygens (including phenoxy) is 1. The van der Waals surface area contributed by atoms with Crippen molar-refractivity contribution in [2.24, 2.45) is 0 Å². The third-order valence-electron chi connectivity index (χ3n) is 3.49. The number of hydrogen-bond acceptors (Lipinski definition) is 6. The van der Waals surface area contributed by atoms with Gasteiger partial charge in [-0.2, -0.15) is 4.98 Å². The molecule has 108 valence electrons. The van der Waals surface area contributed by atoms with Gasteiger partial charge in [-0.15, -0.1) is 0 Å². The minimum atomic E-state index is 0.000117. The molecule has 6 heteroatoms. The van der Waals surface area contributed by atoms with Crippen LogP contribution in [-0.4, -0.2) is 34.8 Å². The molecule has 0 spiro atoms. The van der Waals surface area contributed by atoms with E-state index in [2.05, 4.69) is 22.0 Å². The number of morpholine rings is 1. The van der Waals surface area contributed by atoms with Crippen LogP contribution >= 0.6 is 0 Å². The highest BCUT2D eigenvalue weighted by atomic mass is 16.5. The van der Waals surface area contributed by atoms with Crippen molar-refractivity contribution in [3.05, 3.63) is 35.4 Å². The van der Waals surface area contributed by atoms with Crippen molar-refractivity contribution in [3.63, 3.8) is 0 Å². The lowest BCUT2D eigenvalue weighted by Gasteiger charge is -2.32. The SMILES string of the molecule is CCc1ccc(CN2CCOC[C@@H]2c2nc(C)no2)o1. The van der Waals surface area contributed by atoms with Crippen molar-refractivity contribution < 1.29 is 13.7 Å². The Bertz CT molecular complexity index is 564. The number of aromatic nitrogens is 2. The Morgan fingerprint density at radius 1 is 1.35 bits per heavy atom. The molecule has 1 aliphatic heterocycles. The monoisotopic (exact) mass is 277 g/mol. The van der Waals surface area contributed by atoms with Gasteiger partial charge in [-0.3, -0.25) is 4.90 Å². The molecule has 3 rings (SSSR count). The lowest BCUT2D eigenvalue weighted by atomic mass is 10.2. The lowest BCUT2D eigenvalue weighted by Crippen LogP contribution is -2.39.